The third kappa shape index (κ3) is 2.90. The lowest BCUT2D eigenvalue weighted by molar-refractivity contribution is -0.141. The number of rotatable bonds is 4. The molecule has 0 aromatic rings. The average Bonchev–Trinajstić information content (AvgIpc) is 2.71. The predicted molar refractivity (Wildman–Crippen MR) is 42.6 cm³/mol. The molecule has 0 radical (unpaired) electrons. The highest BCUT2D eigenvalue weighted by Gasteiger charge is 2.25. The number of hydrogen-bond donors (Lipinski definition) is 2. The van der Waals surface area contributed by atoms with Crippen LogP contribution in [0.1, 0.15) is 26.2 Å². The largest absolute Gasteiger partial charge is 0.480 e. The molecule has 1 aliphatic rings. The van der Waals surface area contributed by atoms with Crippen LogP contribution in [0.2, 0.25) is 0 Å². The Morgan fingerprint density at radius 3 is 2.58 bits per heavy atom. The SMILES string of the molecule is C[C@H](NC(=O)CC1CC1)C(=O)O. The maximum atomic E-state index is 11.0. The molecular weight excluding hydrogens is 158 g/mol. The van der Waals surface area contributed by atoms with Crippen molar-refractivity contribution in [3.63, 3.8) is 0 Å². The summed E-state index contributed by atoms with van der Waals surface area (Å²) in [6.45, 7) is 1.47. The molecule has 68 valence electrons. The lowest BCUT2D eigenvalue weighted by atomic mass is 10.2. The van der Waals surface area contributed by atoms with Crippen molar-refractivity contribution in [3.05, 3.63) is 0 Å². The van der Waals surface area contributed by atoms with Crippen LogP contribution < -0.4 is 5.32 Å². The minimum absolute atomic E-state index is 0.146. The molecule has 1 rings (SSSR count). The highest BCUT2D eigenvalue weighted by Crippen LogP contribution is 2.32. The normalized spacial score (nSPS) is 18.4. The number of carbonyl (C=O) groups is 2. The molecular formula is C8H13NO3. The van der Waals surface area contributed by atoms with E-state index in [1.165, 1.54) is 6.92 Å². The first-order chi connectivity index (χ1) is 5.59. The molecule has 0 saturated heterocycles. The summed E-state index contributed by atoms with van der Waals surface area (Å²) in [5.41, 5.74) is 0. The van der Waals surface area contributed by atoms with Gasteiger partial charge in [0, 0.05) is 6.42 Å². The lowest BCUT2D eigenvalue weighted by Crippen LogP contribution is -2.38. The molecule has 1 aliphatic carbocycles. The number of nitrogens with one attached hydrogen (secondary N) is 1. The van der Waals surface area contributed by atoms with E-state index in [9.17, 15) is 9.59 Å². The molecule has 1 amide bonds. The maximum absolute atomic E-state index is 11.0. The van der Waals surface area contributed by atoms with Crippen LogP contribution in [0, 0.1) is 5.92 Å². The first-order valence-electron chi connectivity index (χ1n) is 4.11. The van der Waals surface area contributed by atoms with E-state index >= 15 is 0 Å². The molecule has 0 aromatic heterocycles. The Bertz CT molecular complexity index is 198. The van der Waals surface area contributed by atoms with Crippen molar-refractivity contribution in [2.45, 2.75) is 32.2 Å². The van der Waals surface area contributed by atoms with E-state index in [0.717, 1.165) is 12.8 Å². The number of aliphatic carboxylic acids is 1. The van der Waals surface area contributed by atoms with Crippen LogP contribution in [0.3, 0.4) is 0 Å². The number of hydrogen-bond acceptors (Lipinski definition) is 2. The van der Waals surface area contributed by atoms with Gasteiger partial charge < -0.3 is 10.4 Å². The molecule has 0 bridgehead atoms. The molecule has 0 heterocycles. The van der Waals surface area contributed by atoms with Gasteiger partial charge in [-0.25, -0.2) is 0 Å². The number of carboxylic acid groups (broad SMARTS) is 1. The Hall–Kier alpha value is -1.06. The second kappa shape index (κ2) is 3.56. The Morgan fingerprint density at radius 1 is 1.58 bits per heavy atom. The van der Waals surface area contributed by atoms with Gasteiger partial charge in [0.25, 0.3) is 0 Å². The molecule has 1 fully saturated rings. The van der Waals surface area contributed by atoms with Gasteiger partial charge in [0.2, 0.25) is 5.91 Å². The van der Waals surface area contributed by atoms with Crippen molar-refractivity contribution in [3.8, 4) is 0 Å². The molecule has 12 heavy (non-hydrogen) atoms. The van der Waals surface area contributed by atoms with Crippen molar-refractivity contribution in [1.82, 2.24) is 5.32 Å². The molecule has 0 aromatic carbocycles. The average molecular weight is 171 g/mol. The van der Waals surface area contributed by atoms with E-state index < -0.39 is 12.0 Å². The Kier molecular flexibility index (Phi) is 2.68. The summed E-state index contributed by atoms with van der Waals surface area (Å²) in [5, 5.41) is 10.9. The van der Waals surface area contributed by atoms with Crippen LogP contribution in [0.15, 0.2) is 0 Å². The second-order valence-electron chi connectivity index (χ2n) is 3.27. The molecule has 1 saturated carbocycles. The summed E-state index contributed by atoms with van der Waals surface area (Å²) in [7, 11) is 0. The summed E-state index contributed by atoms with van der Waals surface area (Å²) in [5.74, 6) is -0.627. The van der Waals surface area contributed by atoms with E-state index in [2.05, 4.69) is 5.32 Å². The Labute approximate surface area is 71.0 Å². The van der Waals surface area contributed by atoms with Crippen LogP contribution in [-0.4, -0.2) is 23.0 Å². The van der Waals surface area contributed by atoms with E-state index in [1.54, 1.807) is 0 Å². The zero-order valence-corrected chi connectivity index (χ0v) is 7.04. The number of carboxylic acids is 1. The van der Waals surface area contributed by atoms with Gasteiger partial charge in [-0.05, 0) is 25.7 Å². The zero-order chi connectivity index (χ0) is 9.14. The summed E-state index contributed by atoms with van der Waals surface area (Å²) in [6, 6.07) is -0.767. The van der Waals surface area contributed by atoms with Crippen molar-refractivity contribution in [2.24, 2.45) is 5.92 Å². The molecule has 0 unspecified atom stereocenters. The van der Waals surface area contributed by atoms with E-state index in [1.807, 2.05) is 0 Å². The molecule has 4 nitrogen and oxygen atoms in total. The smallest absolute Gasteiger partial charge is 0.325 e. The van der Waals surface area contributed by atoms with Gasteiger partial charge in [-0.3, -0.25) is 9.59 Å². The van der Waals surface area contributed by atoms with Gasteiger partial charge in [-0.2, -0.15) is 0 Å². The van der Waals surface area contributed by atoms with Gasteiger partial charge in [-0.1, -0.05) is 0 Å². The number of carbonyl (C=O) groups excluding carboxylic acids is 1. The van der Waals surface area contributed by atoms with Gasteiger partial charge in [0.15, 0.2) is 0 Å². The van der Waals surface area contributed by atoms with Crippen LogP contribution >= 0.6 is 0 Å². The predicted octanol–water partition coefficient (Wildman–Crippen LogP) is 0.376. The highest BCUT2D eigenvalue weighted by atomic mass is 16.4. The number of amides is 1. The fourth-order valence-electron chi connectivity index (χ4n) is 0.946. The van der Waals surface area contributed by atoms with Gasteiger partial charge >= 0.3 is 5.97 Å². The van der Waals surface area contributed by atoms with E-state index in [0.29, 0.717) is 12.3 Å². The summed E-state index contributed by atoms with van der Waals surface area (Å²) in [6.07, 6.45) is 2.70. The minimum atomic E-state index is -0.987. The first kappa shape index (κ1) is 9.03. The van der Waals surface area contributed by atoms with E-state index in [4.69, 9.17) is 5.11 Å². The fraction of sp³-hybridized carbons (Fsp3) is 0.750. The second-order valence-corrected chi connectivity index (χ2v) is 3.27. The minimum Gasteiger partial charge on any atom is -0.480 e. The summed E-state index contributed by atoms with van der Waals surface area (Å²) < 4.78 is 0. The van der Waals surface area contributed by atoms with Crippen LogP contribution in [0.4, 0.5) is 0 Å². The summed E-state index contributed by atoms with van der Waals surface area (Å²) >= 11 is 0. The maximum Gasteiger partial charge on any atom is 0.325 e. The van der Waals surface area contributed by atoms with Gasteiger partial charge in [-0.15, -0.1) is 0 Å². The Balaban J connectivity index is 2.19. The third-order valence-electron chi connectivity index (χ3n) is 1.92. The van der Waals surface area contributed by atoms with Gasteiger partial charge in [0.05, 0.1) is 0 Å². The van der Waals surface area contributed by atoms with Crippen molar-refractivity contribution >= 4 is 11.9 Å². The van der Waals surface area contributed by atoms with Crippen molar-refractivity contribution < 1.29 is 14.7 Å². The first-order valence-corrected chi connectivity index (χ1v) is 4.11. The lowest BCUT2D eigenvalue weighted by Gasteiger charge is -2.07. The van der Waals surface area contributed by atoms with Crippen molar-refractivity contribution in [2.75, 3.05) is 0 Å². The Morgan fingerprint density at radius 2 is 2.17 bits per heavy atom. The molecule has 0 aliphatic heterocycles. The van der Waals surface area contributed by atoms with Crippen LogP contribution in [0.25, 0.3) is 0 Å². The zero-order valence-electron chi connectivity index (χ0n) is 7.04. The standard InChI is InChI=1S/C8H13NO3/c1-5(8(11)12)9-7(10)4-6-2-3-6/h5-6H,2-4H2,1H3,(H,9,10)(H,11,12)/t5-/m0/s1. The highest BCUT2D eigenvalue weighted by molar-refractivity contribution is 5.83. The van der Waals surface area contributed by atoms with Gasteiger partial charge in [0.1, 0.15) is 6.04 Å². The summed E-state index contributed by atoms with van der Waals surface area (Å²) in [4.78, 5) is 21.4. The molecule has 1 atom stereocenters. The quantitative estimate of drug-likeness (QED) is 0.642. The third-order valence-corrected chi connectivity index (χ3v) is 1.92. The topological polar surface area (TPSA) is 66.4 Å². The monoisotopic (exact) mass is 171 g/mol. The van der Waals surface area contributed by atoms with Crippen LogP contribution in [0.5, 0.6) is 0 Å². The molecule has 2 N–H and O–H groups in total. The molecule has 0 spiro atoms. The van der Waals surface area contributed by atoms with Crippen LogP contribution in [-0.2, 0) is 9.59 Å². The molecule has 4 heteroatoms. The van der Waals surface area contributed by atoms with Crippen molar-refractivity contribution in [1.29, 1.82) is 0 Å². The van der Waals surface area contributed by atoms with E-state index in [-0.39, 0.29) is 5.91 Å². The fourth-order valence-corrected chi connectivity index (χ4v) is 0.946.